The largest absolute Gasteiger partial charge is 0.325 e. The van der Waals surface area contributed by atoms with Crippen molar-refractivity contribution in [3.8, 4) is 0 Å². The Morgan fingerprint density at radius 1 is 1.41 bits per heavy atom. The Balaban J connectivity index is 2.30. The molecule has 0 atom stereocenters. The zero-order valence-corrected chi connectivity index (χ0v) is 10.7. The third-order valence-electron chi connectivity index (χ3n) is 2.10. The van der Waals surface area contributed by atoms with Crippen molar-refractivity contribution >= 4 is 40.3 Å². The van der Waals surface area contributed by atoms with Gasteiger partial charge in [0, 0.05) is 5.56 Å². The van der Waals surface area contributed by atoms with Crippen molar-refractivity contribution in [2.75, 3.05) is 0 Å². The number of halogens is 2. The molecule has 2 rings (SSSR count). The molecule has 2 aromatic rings. The van der Waals surface area contributed by atoms with E-state index in [0.717, 1.165) is 16.0 Å². The standard InChI is InChI=1S/C10H6Cl2N2O2S/c11-7-3-1-2-6(9(7)12)8(15)4-14-10(16)17-5-13-14/h1-3,5H,4H2. The van der Waals surface area contributed by atoms with Crippen molar-refractivity contribution < 1.29 is 4.79 Å². The van der Waals surface area contributed by atoms with E-state index in [9.17, 15) is 9.59 Å². The van der Waals surface area contributed by atoms with Crippen LogP contribution in [0.15, 0.2) is 28.5 Å². The zero-order valence-electron chi connectivity index (χ0n) is 8.39. The molecule has 1 aromatic carbocycles. The van der Waals surface area contributed by atoms with E-state index in [-0.39, 0.29) is 22.2 Å². The minimum atomic E-state index is -0.300. The molecule has 0 saturated carbocycles. The number of rotatable bonds is 3. The summed E-state index contributed by atoms with van der Waals surface area (Å²) >= 11 is 12.6. The molecule has 0 saturated heterocycles. The predicted octanol–water partition coefficient (Wildman–Crippen LogP) is 2.49. The lowest BCUT2D eigenvalue weighted by Crippen LogP contribution is -2.21. The van der Waals surface area contributed by atoms with Gasteiger partial charge < -0.3 is 0 Å². The SMILES string of the molecule is O=C(Cn1ncsc1=O)c1cccc(Cl)c1Cl. The fourth-order valence-corrected chi connectivity index (χ4v) is 2.17. The van der Waals surface area contributed by atoms with Crippen molar-refractivity contribution in [3.63, 3.8) is 0 Å². The molecule has 4 nitrogen and oxygen atoms in total. The second kappa shape index (κ2) is 5.00. The monoisotopic (exact) mass is 288 g/mol. The first-order chi connectivity index (χ1) is 8.09. The minimum absolute atomic E-state index is 0.137. The summed E-state index contributed by atoms with van der Waals surface area (Å²) in [5, 5.41) is 4.26. The van der Waals surface area contributed by atoms with Crippen molar-refractivity contribution in [2.45, 2.75) is 6.54 Å². The van der Waals surface area contributed by atoms with Gasteiger partial charge >= 0.3 is 4.87 Å². The summed E-state index contributed by atoms with van der Waals surface area (Å²) < 4.78 is 1.09. The average Bonchev–Trinajstić information content (AvgIpc) is 2.68. The number of hydrogen-bond donors (Lipinski definition) is 0. The van der Waals surface area contributed by atoms with Crippen LogP contribution in [0.4, 0.5) is 0 Å². The Morgan fingerprint density at radius 2 is 2.18 bits per heavy atom. The number of Topliss-reactive ketones (excluding diaryl/α,β-unsaturated/α-hetero) is 1. The molecule has 0 bridgehead atoms. The molecule has 0 amide bonds. The van der Waals surface area contributed by atoms with Gasteiger partial charge in [-0.05, 0) is 12.1 Å². The van der Waals surface area contributed by atoms with Gasteiger partial charge in [0.1, 0.15) is 12.1 Å². The van der Waals surface area contributed by atoms with Gasteiger partial charge in [-0.3, -0.25) is 9.59 Å². The Hall–Kier alpha value is -1.17. The number of nitrogens with zero attached hydrogens (tertiary/aromatic N) is 2. The molecule has 7 heteroatoms. The molecule has 0 aliphatic carbocycles. The molecule has 0 radical (unpaired) electrons. The highest BCUT2D eigenvalue weighted by atomic mass is 35.5. The van der Waals surface area contributed by atoms with Crippen LogP contribution in [0.3, 0.4) is 0 Å². The molecule has 1 heterocycles. The number of ketones is 1. The normalized spacial score (nSPS) is 10.5. The molecule has 88 valence electrons. The van der Waals surface area contributed by atoms with Crippen molar-refractivity contribution in [2.24, 2.45) is 0 Å². The van der Waals surface area contributed by atoms with E-state index in [4.69, 9.17) is 23.2 Å². The summed E-state index contributed by atoms with van der Waals surface area (Å²) in [7, 11) is 0. The highest BCUT2D eigenvalue weighted by Crippen LogP contribution is 2.25. The number of aromatic nitrogens is 2. The molecule has 0 unspecified atom stereocenters. The van der Waals surface area contributed by atoms with Crippen LogP contribution < -0.4 is 4.87 Å². The smallest absolute Gasteiger partial charge is 0.292 e. The van der Waals surface area contributed by atoms with Gasteiger partial charge in [0.05, 0.1) is 10.0 Å². The number of hydrogen-bond acceptors (Lipinski definition) is 4. The summed E-state index contributed by atoms with van der Waals surface area (Å²) in [6.07, 6.45) is 0. The highest BCUT2D eigenvalue weighted by Gasteiger charge is 2.14. The molecular weight excluding hydrogens is 283 g/mol. The maximum Gasteiger partial charge on any atom is 0.325 e. The quantitative estimate of drug-likeness (QED) is 0.816. The lowest BCUT2D eigenvalue weighted by molar-refractivity contribution is 0.0967. The fraction of sp³-hybridized carbons (Fsp3) is 0.100. The topological polar surface area (TPSA) is 52.0 Å². The lowest BCUT2D eigenvalue weighted by atomic mass is 10.1. The number of benzene rings is 1. The summed E-state index contributed by atoms with van der Waals surface area (Å²) in [6.45, 7) is -0.137. The van der Waals surface area contributed by atoms with Crippen molar-refractivity contribution in [1.29, 1.82) is 0 Å². The van der Waals surface area contributed by atoms with E-state index in [1.165, 1.54) is 5.51 Å². The van der Waals surface area contributed by atoms with Crippen LogP contribution in [-0.4, -0.2) is 15.6 Å². The van der Waals surface area contributed by atoms with E-state index in [1.807, 2.05) is 0 Å². The summed E-state index contributed by atoms with van der Waals surface area (Å²) in [5.74, 6) is -0.300. The Labute approximate surface area is 110 Å². The predicted molar refractivity (Wildman–Crippen MR) is 67.2 cm³/mol. The Morgan fingerprint density at radius 3 is 2.82 bits per heavy atom. The van der Waals surface area contributed by atoms with Gasteiger partial charge in [-0.15, -0.1) is 0 Å². The van der Waals surface area contributed by atoms with Crippen molar-refractivity contribution in [1.82, 2.24) is 9.78 Å². The van der Waals surface area contributed by atoms with E-state index >= 15 is 0 Å². The number of carbonyl (C=O) groups is 1. The molecule has 17 heavy (non-hydrogen) atoms. The molecule has 0 fully saturated rings. The van der Waals surface area contributed by atoms with Crippen LogP contribution in [0.5, 0.6) is 0 Å². The summed E-state index contributed by atoms with van der Waals surface area (Å²) in [5.41, 5.74) is 1.67. The van der Waals surface area contributed by atoms with E-state index in [2.05, 4.69) is 5.10 Å². The zero-order chi connectivity index (χ0) is 12.4. The lowest BCUT2D eigenvalue weighted by Gasteiger charge is -2.04. The Bertz CT molecular complexity index is 621. The highest BCUT2D eigenvalue weighted by molar-refractivity contribution is 7.06. The second-order valence-corrected chi connectivity index (χ2v) is 4.77. The third kappa shape index (κ3) is 2.57. The third-order valence-corrected chi connectivity index (χ3v) is 3.53. The second-order valence-electron chi connectivity index (χ2n) is 3.19. The van der Waals surface area contributed by atoms with Gasteiger partial charge in [0.25, 0.3) is 0 Å². The van der Waals surface area contributed by atoms with Crippen LogP contribution in [0, 0.1) is 0 Å². The van der Waals surface area contributed by atoms with Gasteiger partial charge in [-0.2, -0.15) is 5.10 Å². The molecule has 1 aromatic heterocycles. The molecule has 0 aliphatic heterocycles. The van der Waals surface area contributed by atoms with E-state index in [1.54, 1.807) is 18.2 Å². The van der Waals surface area contributed by atoms with Crippen LogP contribution in [0.25, 0.3) is 0 Å². The van der Waals surface area contributed by atoms with Gasteiger partial charge in [-0.25, -0.2) is 4.68 Å². The Kier molecular flexibility index (Phi) is 3.61. The van der Waals surface area contributed by atoms with Gasteiger partial charge in [-0.1, -0.05) is 40.6 Å². The van der Waals surface area contributed by atoms with Crippen LogP contribution in [-0.2, 0) is 6.54 Å². The molecular formula is C10H6Cl2N2O2S. The van der Waals surface area contributed by atoms with Crippen LogP contribution in [0.1, 0.15) is 10.4 Å². The minimum Gasteiger partial charge on any atom is -0.292 e. The number of carbonyl (C=O) groups excluding carboxylic acids is 1. The van der Waals surface area contributed by atoms with E-state index < -0.39 is 0 Å². The first kappa shape index (κ1) is 12.3. The van der Waals surface area contributed by atoms with Gasteiger partial charge in [0.2, 0.25) is 0 Å². The first-order valence-corrected chi connectivity index (χ1v) is 6.21. The van der Waals surface area contributed by atoms with E-state index in [0.29, 0.717) is 10.6 Å². The first-order valence-electron chi connectivity index (χ1n) is 4.57. The maximum absolute atomic E-state index is 11.9. The fourth-order valence-electron chi connectivity index (χ4n) is 1.28. The average molecular weight is 289 g/mol. The molecule has 0 N–H and O–H groups in total. The van der Waals surface area contributed by atoms with Crippen molar-refractivity contribution in [3.05, 3.63) is 49.0 Å². The van der Waals surface area contributed by atoms with Crippen LogP contribution in [0.2, 0.25) is 10.0 Å². The maximum atomic E-state index is 11.9. The van der Waals surface area contributed by atoms with Gasteiger partial charge in [0.15, 0.2) is 5.78 Å². The molecule has 0 spiro atoms. The molecule has 0 aliphatic rings. The summed E-state index contributed by atoms with van der Waals surface area (Å²) in [6, 6.07) is 4.79. The summed E-state index contributed by atoms with van der Waals surface area (Å²) in [4.78, 5) is 22.9. The van der Waals surface area contributed by atoms with Crippen LogP contribution >= 0.6 is 34.5 Å².